The van der Waals surface area contributed by atoms with Crippen LogP contribution in [0.3, 0.4) is 0 Å². The average molecular weight is 284 g/mol. The maximum absolute atomic E-state index is 12.4. The second kappa shape index (κ2) is 5.14. The zero-order chi connectivity index (χ0) is 14.0. The fraction of sp³-hybridized carbons (Fsp3) is 0.455. The van der Waals surface area contributed by atoms with E-state index in [1.54, 1.807) is 7.05 Å². The molecule has 1 aliphatic heterocycles. The number of sulfonamides is 1. The van der Waals surface area contributed by atoms with E-state index >= 15 is 0 Å². The quantitative estimate of drug-likeness (QED) is 0.791. The Morgan fingerprint density at radius 1 is 1.37 bits per heavy atom. The molecule has 1 amide bonds. The monoisotopic (exact) mass is 284 g/mol. The van der Waals surface area contributed by atoms with Gasteiger partial charge in [-0.2, -0.15) is 4.31 Å². The normalized spacial score (nSPS) is 18.4. The van der Waals surface area contributed by atoms with E-state index in [0.29, 0.717) is 19.5 Å². The van der Waals surface area contributed by atoms with Crippen LogP contribution in [0.25, 0.3) is 0 Å². The van der Waals surface area contributed by atoms with E-state index < -0.39 is 10.0 Å². The lowest BCUT2D eigenvalue weighted by Crippen LogP contribution is -2.38. The van der Waals surface area contributed by atoms with Crippen molar-refractivity contribution >= 4 is 21.7 Å². The minimum Gasteiger partial charge on any atom is -0.384 e. The number of hydrogen-bond acceptors (Lipinski definition) is 5. The van der Waals surface area contributed by atoms with Gasteiger partial charge in [0.2, 0.25) is 15.9 Å². The van der Waals surface area contributed by atoms with Gasteiger partial charge in [0.1, 0.15) is 5.82 Å². The van der Waals surface area contributed by atoms with Crippen molar-refractivity contribution in [1.82, 2.24) is 14.2 Å². The zero-order valence-corrected chi connectivity index (χ0v) is 11.4. The molecule has 0 aromatic carbocycles. The fourth-order valence-electron chi connectivity index (χ4n) is 1.90. The van der Waals surface area contributed by atoms with Crippen LogP contribution in [0.15, 0.2) is 23.2 Å². The number of amides is 1. The molecule has 0 saturated carbocycles. The minimum atomic E-state index is -3.70. The third-order valence-corrected chi connectivity index (χ3v) is 4.87. The van der Waals surface area contributed by atoms with E-state index in [0.717, 1.165) is 0 Å². The van der Waals surface area contributed by atoms with Gasteiger partial charge in [-0.25, -0.2) is 13.4 Å². The topological polar surface area (TPSA) is 96.6 Å². The van der Waals surface area contributed by atoms with E-state index in [1.807, 2.05) is 0 Å². The Bertz CT molecular complexity index is 587. The van der Waals surface area contributed by atoms with Gasteiger partial charge in [-0.1, -0.05) is 0 Å². The summed E-state index contributed by atoms with van der Waals surface area (Å²) in [5.74, 6) is -0.0672. The standard InChI is InChI=1S/C11H16N4O3S/c1-14-5-2-6-15(8-11(14)16)19(17,18)9-3-4-13-10(12)7-9/h3-4,7H,2,5-6,8H2,1H3,(H2,12,13). The molecule has 0 spiro atoms. The zero-order valence-electron chi connectivity index (χ0n) is 10.6. The van der Waals surface area contributed by atoms with Crippen LogP contribution < -0.4 is 5.73 Å². The number of pyridine rings is 1. The number of nitrogens with zero attached hydrogens (tertiary/aromatic N) is 3. The van der Waals surface area contributed by atoms with Crippen molar-refractivity contribution in [2.45, 2.75) is 11.3 Å². The van der Waals surface area contributed by atoms with Gasteiger partial charge in [0.05, 0.1) is 11.4 Å². The van der Waals surface area contributed by atoms with Crippen LogP contribution in [-0.2, 0) is 14.8 Å². The largest absolute Gasteiger partial charge is 0.384 e. The molecule has 2 N–H and O–H groups in total. The van der Waals surface area contributed by atoms with Gasteiger partial charge in [0, 0.05) is 32.4 Å². The summed E-state index contributed by atoms with van der Waals surface area (Å²) < 4.78 is 26.0. The molecule has 0 unspecified atom stereocenters. The molecule has 1 aromatic rings. The van der Waals surface area contributed by atoms with Gasteiger partial charge >= 0.3 is 0 Å². The van der Waals surface area contributed by atoms with Crippen molar-refractivity contribution in [1.29, 1.82) is 0 Å². The van der Waals surface area contributed by atoms with Crippen LogP contribution in [0, 0.1) is 0 Å². The molecule has 0 bridgehead atoms. The maximum Gasteiger partial charge on any atom is 0.243 e. The van der Waals surface area contributed by atoms with Crippen molar-refractivity contribution in [3.05, 3.63) is 18.3 Å². The Morgan fingerprint density at radius 3 is 2.79 bits per heavy atom. The number of rotatable bonds is 2. The highest BCUT2D eigenvalue weighted by Gasteiger charge is 2.29. The Morgan fingerprint density at radius 2 is 2.11 bits per heavy atom. The molecule has 1 saturated heterocycles. The summed E-state index contributed by atoms with van der Waals surface area (Å²) in [5.41, 5.74) is 5.50. The lowest BCUT2D eigenvalue weighted by Gasteiger charge is -2.19. The minimum absolute atomic E-state index is 0.0670. The van der Waals surface area contributed by atoms with Crippen LogP contribution in [0.1, 0.15) is 6.42 Å². The highest BCUT2D eigenvalue weighted by molar-refractivity contribution is 7.89. The molecule has 2 heterocycles. The summed E-state index contributed by atoms with van der Waals surface area (Å²) in [7, 11) is -2.03. The van der Waals surface area contributed by atoms with Crippen LogP contribution in [-0.4, -0.2) is 55.2 Å². The molecule has 19 heavy (non-hydrogen) atoms. The third-order valence-electron chi connectivity index (χ3n) is 3.03. The van der Waals surface area contributed by atoms with E-state index in [9.17, 15) is 13.2 Å². The van der Waals surface area contributed by atoms with Gasteiger partial charge in [0.25, 0.3) is 0 Å². The number of nitrogen functional groups attached to an aromatic ring is 1. The summed E-state index contributed by atoms with van der Waals surface area (Å²) in [4.78, 5) is 17.1. The van der Waals surface area contributed by atoms with E-state index in [2.05, 4.69) is 4.98 Å². The van der Waals surface area contributed by atoms with Crippen LogP contribution in [0.2, 0.25) is 0 Å². The first-order valence-electron chi connectivity index (χ1n) is 5.87. The van der Waals surface area contributed by atoms with E-state index in [1.165, 1.54) is 27.5 Å². The third kappa shape index (κ3) is 2.85. The Kier molecular flexibility index (Phi) is 3.72. The predicted molar refractivity (Wildman–Crippen MR) is 69.7 cm³/mol. The molecule has 0 radical (unpaired) electrons. The molecule has 1 fully saturated rings. The van der Waals surface area contributed by atoms with Gasteiger partial charge in [-0.05, 0) is 12.5 Å². The molecule has 1 aromatic heterocycles. The number of hydrogen-bond donors (Lipinski definition) is 1. The number of nitrogens with two attached hydrogens (primary N) is 1. The van der Waals surface area contributed by atoms with Crippen LogP contribution in [0.4, 0.5) is 5.82 Å². The molecule has 7 nitrogen and oxygen atoms in total. The van der Waals surface area contributed by atoms with Crippen molar-refractivity contribution in [2.75, 3.05) is 32.4 Å². The average Bonchev–Trinajstić information content (AvgIpc) is 2.52. The lowest BCUT2D eigenvalue weighted by molar-refractivity contribution is -0.129. The molecular formula is C11H16N4O3S. The summed E-state index contributed by atoms with van der Waals surface area (Å²) in [6, 6.07) is 2.68. The fourth-order valence-corrected chi connectivity index (χ4v) is 3.35. The van der Waals surface area contributed by atoms with E-state index in [4.69, 9.17) is 5.73 Å². The number of anilines is 1. The Labute approximate surface area is 112 Å². The van der Waals surface area contributed by atoms with Gasteiger partial charge in [-0.3, -0.25) is 4.79 Å². The highest BCUT2D eigenvalue weighted by Crippen LogP contribution is 2.18. The van der Waals surface area contributed by atoms with Crippen molar-refractivity contribution in [3.63, 3.8) is 0 Å². The summed E-state index contributed by atoms with van der Waals surface area (Å²) in [6.07, 6.45) is 1.95. The predicted octanol–water partition coefficient (Wildman–Crippen LogP) is -0.483. The molecule has 0 aliphatic carbocycles. The van der Waals surface area contributed by atoms with Crippen molar-refractivity contribution < 1.29 is 13.2 Å². The number of likely N-dealkylation sites (N-methyl/N-ethyl adjacent to an activating group) is 1. The SMILES string of the molecule is CN1CCCN(S(=O)(=O)c2ccnc(N)c2)CC1=O. The first-order chi connectivity index (χ1) is 8.91. The second-order valence-corrected chi connectivity index (χ2v) is 6.36. The van der Waals surface area contributed by atoms with Crippen LogP contribution in [0.5, 0.6) is 0 Å². The Balaban J connectivity index is 2.31. The van der Waals surface area contributed by atoms with Crippen molar-refractivity contribution in [2.24, 2.45) is 0 Å². The first-order valence-corrected chi connectivity index (χ1v) is 7.31. The maximum atomic E-state index is 12.4. The summed E-state index contributed by atoms with van der Waals surface area (Å²) >= 11 is 0. The number of carbonyl (C=O) groups excluding carboxylic acids is 1. The van der Waals surface area contributed by atoms with Gasteiger partial charge < -0.3 is 10.6 Å². The van der Waals surface area contributed by atoms with Gasteiger partial charge in [-0.15, -0.1) is 0 Å². The Hall–Kier alpha value is -1.67. The first kappa shape index (κ1) is 13.8. The van der Waals surface area contributed by atoms with Gasteiger partial charge in [0.15, 0.2) is 0 Å². The summed E-state index contributed by atoms with van der Waals surface area (Å²) in [5, 5.41) is 0. The molecular weight excluding hydrogens is 268 g/mol. The second-order valence-electron chi connectivity index (χ2n) is 4.42. The summed E-state index contributed by atoms with van der Waals surface area (Å²) in [6.45, 7) is 0.741. The molecule has 104 valence electrons. The van der Waals surface area contributed by atoms with Crippen LogP contribution >= 0.6 is 0 Å². The molecule has 1 aliphatic rings. The van der Waals surface area contributed by atoms with E-state index in [-0.39, 0.29) is 23.2 Å². The molecule has 2 rings (SSSR count). The molecule has 8 heteroatoms. The van der Waals surface area contributed by atoms with Crippen molar-refractivity contribution in [3.8, 4) is 0 Å². The number of carbonyl (C=O) groups is 1. The highest BCUT2D eigenvalue weighted by atomic mass is 32.2. The lowest BCUT2D eigenvalue weighted by atomic mass is 10.4. The number of aromatic nitrogens is 1. The molecule has 0 atom stereocenters. The smallest absolute Gasteiger partial charge is 0.243 e.